The van der Waals surface area contributed by atoms with E-state index in [1.54, 1.807) is 0 Å². The number of hydrogen-bond acceptors (Lipinski definition) is 3. The average molecular weight is 185 g/mol. The van der Waals surface area contributed by atoms with Gasteiger partial charge in [0.05, 0.1) is 19.3 Å². The Morgan fingerprint density at radius 2 is 2.08 bits per heavy atom. The molecule has 0 aromatic carbocycles. The number of morpholine rings is 1. The van der Waals surface area contributed by atoms with E-state index in [-0.39, 0.29) is 12.7 Å². The van der Waals surface area contributed by atoms with Gasteiger partial charge in [0.2, 0.25) is 0 Å². The smallest absolute Gasteiger partial charge is 0.0961 e. The van der Waals surface area contributed by atoms with Crippen molar-refractivity contribution < 1.29 is 9.84 Å². The van der Waals surface area contributed by atoms with Gasteiger partial charge in [-0.3, -0.25) is 0 Å². The molecule has 0 amide bonds. The summed E-state index contributed by atoms with van der Waals surface area (Å²) in [4.78, 5) is 0. The molecule has 13 heavy (non-hydrogen) atoms. The fourth-order valence-electron chi connectivity index (χ4n) is 2.62. The van der Waals surface area contributed by atoms with Gasteiger partial charge >= 0.3 is 0 Å². The minimum atomic E-state index is 0.0387. The van der Waals surface area contributed by atoms with Gasteiger partial charge in [0.15, 0.2) is 0 Å². The molecule has 2 rings (SSSR count). The van der Waals surface area contributed by atoms with Crippen molar-refractivity contribution in [2.45, 2.75) is 37.8 Å². The molecule has 2 aliphatic rings. The average Bonchev–Trinajstić information content (AvgIpc) is 2.70. The molecule has 1 saturated heterocycles. The van der Waals surface area contributed by atoms with E-state index in [1.807, 2.05) is 0 Å². The third kappa shape index (κ3) is 2.03. The number of hydrogen-bond donors (Lipinski definition) is 2. The third-order valence-corrected chi connectivity index (χ3v) is 3.30. The molecule has 1 saturated carbocycles. The van der Waals surface area contributed by atoms with Crippen LogP contribution >= 0.6 is 0 Å². The predicted molar refractivity (Wildman–Crippen MR) is 50.6 cm³/mol. The van der Waals surface area contributed by atoms with E-state index in [4.69, 9.17) is 9.84 Å². The lowest BCUT2D eigenvalue weighted by Crippen LogP contribution is -2.53. The van der Waals surface area contributed by atoms with E-state index in [9.17, 15) is 0 Å². The van der Waals surface area contributed by atoms with Crippen LogP contribution < -0.4 is 5.32 Å². The molecule has 1 heterocycles. The quantitative estimate of drug-likeness (QED) is 0.659. The van der Waals surface area contributed by atoms with Crippen molar-refractivity contribution in [2.75, 3.05) is 19.8 Å². The second-order valence-corrected chi connectivity index (χ2v) is 4.12. The lowest BCUT2D eigenvalue weighted by molar-refractivity contribution is -0.0485. The van der Waals surface area contributed by atoms with Gasteiger partial charge in [-0.25, -0.2) is 0 Å². The molecule has 2 atom stereocenters. The number of nitrogens with one attached hydrogen (secondary N) is 1. The first-order chi connectivity index (χ1) is 6.42. The molecule has 1 aliphatic carbocycles. The molecule has 76 valence electrons. The number of aliphatic hydroxyl groups excluding tert-OH is 1. The summed E-state index contributed by atoms with van der Waals surface area (Å²) in [6.07, 6.45) is 5.34. The molecule has 0 bridgehead atoms. The van der Waals surface area contributed by atoms with Gasteiger partial charge in [0.1, 0.15) is 0 Å². The predicted octanol–water partition coefficient (Wildman–Crippen LogP) is 0.526. The van der Waals surface area contributed by atoms with Crippen molar-refractivity contribution in [3.63, 3.8) is 0 Å². The van der Waals surface area contributed by atoms with Gasteiger partial charge in [-0.2, -0.15) is 0 Å². The highest BCUT2D eigenvalue weighted by Crippen LogP contribution is 2.30. The Kier molecular flexibility index (Phi) is 3.19. The lowest BCUT2D eigenvalue weighted by Gasteiger charge is -2.35. The Labute approximate surface area is 79.5 Å². The summed E-state index contributed by atoms with van der Waals surface area (Å²) in [6.45, 7) is 1.85. The monoisotopic (exact) mass is 185 g/mol. The highest BCUT2D eigenvalue weighted by molar-refractivity contribution is 4.88. The molecular weight excluding hydrogens is 166 g/mol. The molecule has 3 nitrogen and oxygen atoms in total. The first-order valence-electron chi connectivity index (χ1n) is 5.37. The van der Waals surface area contributed by atoms with Crippen LogP contribution in [0.3, 0.4) is 0 Å². The Morgan fingerprint density at radius 3 is 2.77 bits per heavy atom. The van der Waals surface area contributed by atoms with Crippen LogP contribution in [-0.2, 0) is 4.74 Å². The molecule has 2 N–H and O–H groups in total. The van der Waals surface area contributed by atoms with Gasteiger partial charge in [-0.1, -0.05) is 12.8 Å². The first-order valence-corrected chi connectivity index (χ1v) is 5.37. The Balaban J connectivity index is 1.93. The minimum Gasteiger partial charge on any atom is -0.394 e. The van der Waals surface area contributed by atoms with Crippen molar-refractivity contribution >= 4 is 0 Å². The van der Waals surface area contributed by atoms with Gasteiger partial charge < -0.3 is 15.2 Å². The van der Waals surface area contributed by atoms with E-state index in [1.165, 1.54) is 25.7 Å². The Morgan fingerprint density at radius 1 is 1.31 bits per heavy atom. The summed E-state index contributed by atoms with van der Waals surface area (Å²) >= 11 is 0. The van der Waals surface area contributed by atoms with E-state index < -0.39 is 0 Å². The Hall–Kier alpha value is -0.120. The summed E-state index contributed by atoms with van der Waals surface area (Å²) in [7, 11) is 0. The molecule has 3 heteroatoms. The first kappa shape index (κ1) is 9.44. The van der Waals surface area contributed by atoms with Crippen LogP contribution in [0.1, 0.15) is 25.7 Å². The largest absolute Gasteiger partial charge is 0.394 e. The zero-order chi connectivity index (χ0) is 9.10. The van der Waals surface area contributed by atoms with Crippen LogP contribution in [0.15, 0.2) is 0 Å². The summed E-state index contributed by atoms with van der Waals surface area (Å²) in [5, 5.41) is 12.6. The normalized spacial score (nSPS) is 36.7. The van der Waals surface area contributed by atoms with Gasteiger partial charge in [0, 0.05) is 12.6 Å². The zero-order valence-corrected chi connectivity index (χ0v) is 8.04. The van der Waals surface area contributed by atoms with Gasteiger partial charge in [-0.15, -0.1) is 0 Å². The zero-order valence-electron chi connectivity index (χ0n) is 8.04. The van der Waals surface area contributed by atoms with Crippen LogP contribution in [0.2, 0.25) is 0 Å². The summed E-state index contributed by atoms with van der Waals surface area (Å²) < 4.78 is 5.54. The van der Waals surface area contributed by atoms with E-state index in [2.05, 4.69) is 5.32 Å². The molecule has 1 aliphatic heterocycles. The third-order valence-electron chi connectivity index (χ3n) is 3.30. The summed E-state index contributed by atoms with van der Waals surface area (Å²) in [6, 6.07) is 0.404. The molecule has 0 radical (unpaired) electrons. The van der Waals surface area contributed by atoms with Crippen molar-refractivity contribution in [2.24, 2.45) is 5.92 Å². The minimum absolute atomic E-state index is 0.0387. The Bertz CT molecular complexity index is 155. The van der Waals surface area contributed by atoms with Crippen LogP contribution in [0, 0.1) is 5.92 Å². The van der Waals surface area contributed by atoms with Crippen LogP contribution in [0.25, 0.3) is 0 Å². The second-order valence-electron chi connectivity index (χ2n) is 4.12. The summed E-state index contributed by atoms with van der Waals surface area (Å²) in [5.41, 5.74) is 0. The highest BCUT2D eigenvalue weighted by atomic mass is 16.5. The fraction of sp³-hybridized carbons (Fsp3) is 1.00. The molecule has 0 aromatic rings. The van der Waals surface area contributed by atoms with Gasteiger partial charge in [0.25, 0.3) is 0 Å². The van der Waals surface area contributed by atoms with Crippen LogP contribution in [-0.4, -0.2) is 37.0 Å². The molecule has 0 aromatic heterocycles. The molecule has 2 fully saturated rings. The summed E-state index contributed by atoms with van der Waals surface area (Å²) in [5.74, 6) is 0.734. The maximum Gasteiger partial charge on any atom is 0.0961 e. The number of rotatable bonds is 2. The fourth-order valence-corrected chi connectivity index (χ4v) is 2.62. The van der Waals surface area contributed by atoms with Crippen molar-refractivity contribution in [1.82, 2.24) is 5.32 Å². The van der Waals surface area contributed by atoms with E-state index >= 15 is 0 Å². The lowest BCUT2D eigenvalue weighted by atomic mass is 9.93. The number of aliphatic hydroxyl groups is 1. The van der Waals surface area contributed by atoms with E-state index in [0.717, 1.165) is 19.1 Å². The van der Waals surface area contributed by atoms with Crippen LogP contribution in [0.5, 0.6) is 0 Å². The van der Waals surface area contributed by atoms with Crippen molar-refractivity contribution in [3.05, 3.63) is 0 Å². The van der Waals surface area contributed by atoms with E-state index in [0.29, 0.717) is 6.04 Å². The maximum atomic E-state index is 9.16. The molecule has 1 unspecified atom stereocenters. The number of ether oxygens (including phenoxy) is 1. The molecular formula is C10H19NO2. The topological polar surface area (TPSA) is 41.5 Å². The van der Waals surface area contributed by atoms with Crippen LogP contribution in [0.4, 0.5) is 0 Å². The second kappa shape index (κ2) is 4.40. The van der Waals surface area contributed by atoms with Crippen molar-refractivity contribution in [1.29, 1.82) is 0 Å². The standard InChI is InChI=1S/C10H19NO2/c12-7-9-10(11-5-6-13-9)8-3-1-2-4-8/h8-12H,1-7H2/t9-,10?/m1/s1. The van der Waals surface area contributed by atoms with Crippen molar-refractivity contribution in [3.8, 4) is 0 Å². The molecule has 0 spiro atoms. The highest BCUT2D eigenvalue weighted by Gasteiger charge is 2.33. The maximum absolute atomic E-state index is 9.16. The SMILES string of the molecule is OC[C@H]1OCCNC1C1CCCC1. The van der Waals surface area contributed by atoms with Gasteiger partial charge in [-0.05, 0) is 18.8 Å².